The molecule has 4 heteroatoms. The SMILES string of the molecule is C[C@]12CC[C@H]3[C@@H](C[CH]([Hg][Cl])C4=CC(=O)CC[C@@]43C)[C@@H]1CC[C@@H]2O. The number of carbonyl (C=O) groups excluding carboxylic acids is 1. The average molecular weight is 523 g/mol. The number of aliphatic hydroxyl groups excluding tert-OH is 1. The minimum absolute atomic E-state index is 0.106. The predicted octanol–water partition coefficient (Wildman–Crippen LogP) is 4.51. The molecule has 0 spiro atoms. The van der Waals surface area contributed by atoms with Crippen molar-refractivity contribution in [3.05, 3.63) is 11.6 Å². The Balaban J connectivity index is 1.74. The first-order valence-corrected chi connectivity index (χ1v) is 19.3. The number of halogens is 1. The molecule has 2 nitrogen and oxygen atoms in total. The molecule has 0 saturated heterocycles. The van der Waals surface area contributed by atoms with Gasteiger partial charge in [0.1, 0.15) is 0 Å². The Morgan fingerprint density at radius 3 is 2.74 bits per heavy atom. The van der Waals surface area contributed by atoms with Crippen LogP contribution in [-0.4, -0.2) is 17.0 Å². The molecule has 4 aliphatic rings. The Morgan fingerprint density at radius 1 is 1.22 bits per heavy atom. The molecule has 0 amide bonds. The van der Waals surface area contributed by atoms with Gasteiger partial charge in [-0.25, -0.2) is 0 Å². The molecule has 4 rings (SSSR count). The normalized spacial score (nSPS) is 52.1. The van der Waals surface area contributed by atoms with Gasteiger partial charge < -0.3 is 0 Å². The summed E-state index contributed by atoms with van der Waals surface area (Å²) in [6, 6.07) is 0. The molecule has 0 radical (unpaired) electrons. The second-order valence-corrected chi connectivity index (χ2v) is 16.8. The van der Waals surface area contributed by atoms with E-state index in [1.54, 1.807) is 0 Å². The quantitative estimate of drug-likeness (QED) is 0.514. The fourth-order valence-corrected chi connectivity index (χ4v) is 14.4. The third-order valence-electron chi connectivity index (χ3n) is 8.25. The van der Waals surface area contributed by atoms with E-state index < -0.39 is 23.3 Å². The first-order valence-electron chi connectivity index (χ1n) is 9.39. The standard InChI is InChI=1S/C19H27O2.ClH.Hg/c1-18-9-7-13(20)11-12(18)3-4-14-15-5-6-17(21)19(15,2)10-8-16(14)18;;/h3,11,14-17,21H,4-10H2,1-2H3;1H;/q;;+1/p-1/t14-,15-,16-,17-,18-,19-;;/m0../s1. The van der Waals surface area contributed by atoms with Crippen LogP contribution in [0.3, 0.4) is 0 Å². The number of carbonyl (C=O) groups is 1. The van der Waals surface area contributed by atoms with Gasteiger partial charge in [0.2, 0.25) is 0 Å². The van der Waals surface area contributed by atoms with Crippen LogP contribution in [-0.2, 0) is 28.1 Å². The Hall–Kier alpha value is 0.595. The topological polar surface area (TPSA) is 37.3 Å². The zero-order valence-electron chi connectivity index (χ0n) is 14.4. The summed E-state index contributed by atoms with van der Waals surface area (Å²) in [5.41, 5.74) is 1.80. The number of ketones is 1. The van der Waals surface area contributed by atoms with Gasteiger partial charge in [-0.05, 0) is 0 Å². The molecule has 3 saturated carbocycles. The number of rotatable bonds is 1. The van der Waals surface area contributed by atoms with Gasteiger partial charge in [-0.3, -0.25) is 0 Å². The number of allylic oxidation sites excluding steroid dienone is 1. The van der Waals surface area contributed by atoms with Crippen molar-refractivity contribution in [3.63, 3.8) is 0 Å². The Kier molecular flexibility index (Phi) is 4.30. The zero-order valence-corrected chi connectivity index (χ0v) is 20.6. The molecule has 0 heterocycles. The van der Waals surface area contributed by atoms with Crippen molar-refractivity contribution in [1.82, 2.24) is 0 Å². The summed E-state index contributed by atoms with van der Waals surface area (Å²) >= 11 is -1.46. The van der Waals surface area contributed by atoms with Crippen LogP contribution in [0.25, 0.3) is 0 Å². The van der Waals surface area contributed by atoms with Gasteiger partial charge in [0.15, 0.2) is 0 Å². The number of hydrogen-bond donors (Lipinski definition) is 1. The van der Waals surface area contributed by atoms with Gasteiger partial charge in [0.25, 0.3) is 0 Å². The fourth-order valence-electron chi connectivity index (χ4n) is 6.90. The molecule has 0 aliphatic heterocycles. The molecular formula is C19H27ClHgO2. The molecule has 1 unspecified atom stereocenters. The van der Waals surface area contributed by atoms with Crippen molar-refractivity contribution in [2.24, 2.45) is 28.6 Å². The number of aliphatic hydroxyl groups is 1. The van der Waals surface area contributed by atoms with Gasteiger partial charge in [-0.2, -0.15) is 0 Å². The van der Waals surface area contributed by atoms with Crippen LogP contribution in [0.4, 0.5) is 0 Å². The maximum atomic E-state index is 12.0. The van der Waals surface area contributed by atoms with E-state index in [4.69, 9.17) is 8.25 Å². The third kappa shape index (κ3) is 2.37. The van der Waals surface area contributed by atoms with E-state index in [0.717, 1.165) is 31.6 Å². The van der Waals surface area contributed by atoms with Crippen molar-refractivity contribution in [2.45, 2.75) is 68.3 Å². The summed E-state index contributed by atoms with van der Waals surface area (Å²) in [5, 5.41) is 10.6. The van der Waals surface area contributed by atoms with Crippen LogP contribution < -0.4 is 0 Å². The van der Waals surface area contributed by atoms with E-state index in [1.807, 2.05) is 6.08 Å². The molecule has 3 fully saturated rings. The van der Waals surface area contributed by atoms with E-state index in [2.05, 4.69) is 13.8 Å². The molecule has 0 aromatic heterocycles. The van der Waals surface area contributed by atoms with Crippen LogP contribution in [0.5, 0.6) is 0 Å². The molecule has 4 aliphatic carbocycles. The monoisotopic (exact) mass is 524 g/mol. The van der Waals surface area contributed by atoms with E-state index in [9.17, 15) is 9.90 Å². The summed E-state index contributed by atoms with van der Waals surface area (Å²) in [5.74, 6) is 2.44. The van der Waals surface area contributed by atoms with Crippen molar-refractivity contribution in [2.75, 3.05) is 0 Å². The van der Waals surface area contributed by atoms with Gasteiger partial charge in [0, 0.05) is 0 Å². The van der Waals surface area contributed by atoms with E-state index >= 15 is 0 Å². The van der Waals surface area contributed by atoms with E-state index in [1.165, 1.54) is 24.8 Å². The van der Waals surface area contributed by atoms with Crippen LogP contribution in [0.15, 0.2) is 11.6 Å². The Bertz CT molecular complexity index is 562. The van der Waals surface area contributed by atoms with Crippen molar-refractivity contribution in [3.8, 4) is 0 Å². The number of fused-ring (bicyclic) bond motifs is 5. The molecule has 7 atom stereocenters. The maximum absolute atomic E-state index is 12.0. The van der Waals surface area contributed by atoms with Crippen LogP contribution in [0, 0.1) is 28.6 Å². The van der Waals surface area contributed by atoms with Gasteiger partial charge in [-0.15, -0.1) is 0 Å². The van der Waals surface area contributed by atoms with Crippen molar-refractivity contribution >= 4 is 14.0 Å². The van der Waals surface area contributed by atoms with Gasteiger partial charge >= 0.3 is 156 Å². The molecule has 0 aromatic carbocycles. The molecule has 1 N–H and O–H groups in total. The van der Waals surface area contributed by atoms with Crippen molar-refractivity contribution in [1.29, 1.82) is 0 Å². The third-order valence-corrected chi connectivity index (χ3v) is 16.0. The molecular weight excluding hydrogens is 496 g/mol. The fraction of sp³-hybridized carbons (Fsp3) is 0.842. The van der Waals surface area contributed by atoms with Gasteiger partial charge in [0.05, 0.1) is 0 Å². The predicted molar refractivity (Wildman–Crippen MR) is 87.7 cm³/mol. The van der Waals surface area contributed by atoms with E-state index in [-0.39, 0.29) is 16.9 Å². The number of hydrogen-bond acceptors (Lipinski definition) is 2. The Labute approximate surface area is 155 Å². The zero-order chi connectivity index (χ0) is 16.4. The Morgan fingerprint density at radius 2 is 2.00 bits per heavy atom. The summed E-state index contributed by atoms with van der Waals surface area (Å²) < 4.78 is 0.576. The molecule has 23 heavy (non-hydrogen) atoms. The molecule has 0 aromatic rings. The van der Waals surface area contributed by atoms with Crippen LogP contribution in [0.1, 0.15) is 58.8 Å². The molecule has 0 bridgehead atoms. The summed E-state index contributed by atoms with van der Waals surface area (Å²) in [6.07, 6.45) is 9.43. The summed E-state index contributed by atoms with van der Waals surface area (Å²) in [7, 11) is 6.57. The van der Waals surface area contributed by atoms with Crippen LogP contribution in [0.2, 0.25) is 3.43 Å². The minimum atomic E-state index is -1.46. The first kappa shape index (κ1) is 17.0. The van der Waals surface area contributed by atoms with E-state index in [0.29, 0.717) is 21.0 Å². The molecule has 124 valence electrons. The van der Waals surface area contributed by atoms with Crippen LogP contribution >= 0.6 is 8.25 Å². The van der Waals surface area contributed by atoms with Crippen molar-refractivity contribution < 1.29 is 33.2 Å². The summed E-state index contributed by atoms with van der Waals surface area (Å²) in [4.78, 5) is 12.0. The second-order valence-electron chi connectivity index (χ2n) is 9.08. The first-order chi connectivity index (χ1) is 10.9. The summed E-state index contributed by atoms with van der Waals surface area (Å²) in [6.45, 7) is 4.77. The second kappa shape index (κ2) is 5.81. The average Bonchev–Trinajstić information content (AvgIpc) is 2.83. The van der Waals surface area contributed by atoms with Gasteiger partial charge in [-0.1, -0.05) is 0 Å².